The van der Waals surface area contributed by atoms with Gasteiger partial charge in [-0.05, 0) is 19.4 Å². The molecule has 0 unspecified atom stereocenters. The van der Waals surface area contributed by atoms with Crippen LogP contribution in [0.4, 0.5) is 0 Å². The molecule has 1 rings (SSSR count). The largest absolute Gasteiger partial charge is 0.414 e. The lowest BCUT2D eigenvalue weighted by Crippen LogP contribution is -2.26. The van der Waals surface area contributed by atoms with Gasteiger partial charge in [-0.3, -0.25) is 0 Å². The summed E-state index contributed by atoms with van der Waals surface area (Å²) < 4.78 is 16.5. The minimum Gasteiger partial charge on any atom is -0.414 e. The lowest BCUT2D eigenvalue weighted by molar-refractivity contribution is -0.0903. The smallest absolute Gasteiger partial charge is 0.224 e. The van der Waals surface area contributed by atoms with E-state index in [0.29, 0.717) is 19.8 Å². The van der Waals surface area contributed by atoms with Crippen LogP contribution in [0.2, 0.25) is 0 Å². The first kappa shape index (κ1) is 13.4. The highest BCUT2D eigenvalue weighted by Gasteiger charge is 2.08. The minimum absolute atomic E-state index is 0.112. The molecule has 0 aliphatic rings. The Balaban J connectivity index is 2.22. The fraction of sp³-hybridized carbons (Fsp3) is 0.500. The standard InChI is InChI=1S/C12H20O3Si/c1-3-13-12(14-4-2)16-15-10-11-8-6-5-7-9-11/h5-9,12H,3-4,10,16H2,1-2H3. The summed E-state index contributed by atoms with van der Waals surface area (Å²) in [5.41, 5.74) is 1.20. The average Bonchev–Trinajstić information content (AvgIpc) is 2.31. The summed E-state index contributed by atoms with van der Waals surface area (Å²) in [7, 11) is -0.785. The summed E-state index contributed by atoms with van der Waals surface area (Å²) in [4.78, 5) is 0. The Kier molecular flexibility index (Phi) is 7.08. The summed E-state index contributed by atoms with van der Waals surface area (Å²) in [6.07, 6.45) is 0. The highest BCUT2D eigenvalue weighted by molar-refractivity contribution is 6.28. The van der Waals surface area contributed by atoms with Gasteiger partial charge >= 0.3 is 0 Å². The van der Waals surface area contributed by atoms with Crippen molar-refractivity contribution in [2.24, 2.45) is 0 Å². The van der Waals surface area contributed by atoms with Gasteiger partial charge in [-0.2, -0.15) is 0 Å². The van der Waals surface area contributed by atoms with E-state index in [4.69, 9.17) is 13.9 Å². The molecule has 3 nitrogen and oxygen atoms in total. The fourth-order valence-electron chi connectivity index (χ4n) is 1.36. The lowest BCUT2D eigenvalue weighted by atomic mass is 10.2. The molecule has 0 aliphatic heterocycles. The molecular weight excluding hydrogens is 220 g/mol. The molecule has 0 N–H and O–H groups in total. The Morgan fingerprint density at radius 3 is 2.25 bits per heavy atom. The summed E-state index contributed by atoms with van der Waals surface area (Å²) in [5, 5.41) is 0. The summed E-state index contributed by atoms with van der Waals surface area (Å²) in [5.74, 6) is -0.112. The third-order valence-corrected chi connectivity index (χ3v) is 3.25. The minimum atomic E-state index is -0.785. The normalized spacial score (nSPS) is 11.7. The second kappa shape index (κ2) is 8.47. The molecule has 4 heteroatoms. The third kappa shape index (κ3) is 5.41. The summed E-state index contributed by atoms with van der Waals surface area (Å²) in [6.45, 7) is 5.94. The van der Waals surface area contributed by atoms with E-state index in [-0.39, 0.29) is 5.91 Å². The van der Waals surface area contributed by atoms with Gasteiger partial charge < -0.3 is 13.9 Å². The van der Waals surface area contributed by atoms with Crippen molar-refractivity contribution in [3.05, 3.63) is 35.9 Å². The first-order valence-electron chi connectivity index (χ1n) is 5.71. The summed E-state index contributed by atoms with van der Waals surface area (Å²) >= 11 is 0. The number of hydrogen-bond acceptors (Lipinski definition) is 3. The van der Waals surface area contributed by atoms with Gasteiger partial charge in [0.25, 0.3) is 0 Å². The van der Waals surface area contributed by atoms with Crippen LogP contribution < -0.4 is 0 Å². The van der Waals surface area contributed by atoms with Crippen LogP contribution in [-0.4, -0.2) is 28.9 Å². The topological polar surface area (TPSA) is 27.7 Å². The molecule has 0 aliphatic carbocycles. The van der Waals surface area contributed by atoms with E-state index in [1.165, 1.54) is 5.56 Å². The van der Waals surface area contributed by atoms with Crippen molar-refractivity contribution in [3.63, 3.8) is 0 Å². The van der Waals surface area contributed by atoms with Crippen LogP contribution >= 0.6 is 0 Å². The van der Waals surface area contributed by atoms with Crippen molar-refractivity contribution in [2.45, 2.75) is 26.4 Å². The fourth-order valence-corrected chi connectivity index (χ4v) is 2.57. The molecule has 0 saturated carbocycles. The second-order valence-corrected chi connectivity index (χ2v) is 4.75. The highest BCUT2D eigenvalue weighted by Crippen LogP contribution is 2.01. The first-order chi connectivity index (χ1) is 7.86. The van der Waals surface area contributed by atoms with Crippen molar-refractivity contribution in [3.8, 4) is 0 Å². The van der Waals surface area contributed by atoms with Crippen LogP contribution in [0, 0.1) is 0 Å². The molecule has 0 bridgehead atoms. The van der Waals surface area contributed by atoms with Gasteiger partial charge in [-0.15, -0.1) is 0 Å². The maximum atomic E-state index is 5.68. The van der Waals surface area contributed by atoms with E-state index < -0.39 is 9.76 Å². The van der Waals surface area contributed by atoms with Gasteiger partial charge in [-0.1, -0.05) is 30.3 Å². The van der Waals surface area contributed by atoms with E-state index in [1.54, 1.807) is 0 Å². The zero-order valence-corrected chi connectivity index (χ0v) is 11.4. The molecule has 90 valence electrons. The maximum absolute atomic E-state index is 5.68. The number of benzene rings is 1. The molecular formula is C12H20O3Si. The molecule has 0 spiro atoms. The van der Waals surface area contributed by atoms with Gasteiger partial charge in [0.2, 0.25) is 9.76 Å². The van der Waals surface area contributed by atoms with Crippen LogP contribution in [0.15, 0.2) is 30.3 Å². The van der Waals surface area contributed by atoms with Gasteiger partial charge in [0.1, 0.15) is 0 Å². The van der Waals surface area contributed by atoms with Crippen molar-refractivity contribution < 1.29 is 13.9 Å². The Morgan fingerprint density at radius 2 is 1.69 bits per heavy atom. The maximum Gasteiger partial charge on any atom is 0.224 e. The predicted octanol–water partition coefficient (Wildman–Crippen LogP) is 1.64. The summed E-state index contributed by atoms with van der Waals surface area (Å²) in [6, 6.07) is 10.2. The van der Waals surface area contributed by atoms with Crippen LogP contribution in [0.3, 0.4) is 0 Å². The van der Waals surface area contributed by atoms with E-state index in [1.807, 2.05) is 32.0 Å². The van der Waals surface area contributed by atoms with Crippen LogP contribution in [0.25, 0.3) is 0 Å². The van der Waals surface area contributed by atoms with Crippen molar-refractivity contribution in [2.75, 3.05) is 13.2 Å². The molecule has 1 aromatic rings. The van der Waals surface area contributed by atoms with E-state index >= 15 is 0 Å². The average molecular weight is 240 g/mol. The van der Waals surface area contributed by atoms with Crippen LogP contribution in [0.1, 0.15) is 19.4 Å². The zero-order chi connectivity index (χ0) is 11.6. The van der Waals surface area contributed by atoms with Gasteiger partial charge in [-0.25, -0.2) is 0 Å². The third-order valence-electron chi connectivity index (χ3n) is 2.07. The molecule has 1 aromatic carbocycles. The van der Waals surface area contributed by atoms with Crippen molar-refractivity contribution in [1.82, 2.24) is 0 Å². The first-order valence-corrected chi connectivity index (χ1v) is 7.11. The monoisotopic (exact) mass is 240 g/mol. The predicted molar refractivity (Wildman–Crippen MR) is 66.8 cm³/mol. The number of ether oxygens (including phenoxy) is 2. The molecule has 0 atom stereocenters. The molecule has 0 heterocycles. The van der Waals surface area contributed by atoms with E-state index in [9.17, 15) is 0 Å². The van der Waals surface area contributed by atoms with E-state index in [0.717, 1.165) is 0 Å². The van der Waals surface area contributed by atoms with Gasteiger partial charge in [0.15, 0.2) is 5.91 Å². The number of rotatable bonds is 8. The molecule has 0 aromatic heterocycles. The zero-order valence-electron chi connectivity index (χ0n) is 10.0. The second-order valence-electron chi connectivity index (χ2n) is 3.34. The van der Waals surface area contributed by atoms with Crippen molar-refractivity contribution in [1.29, 1.82) is 0 Å². The van der Waals surface area contributed by atoms with Gasteiger partial charge in [0.05, 0.1) is 6.61 Å². The molecule has 0 radical (unpaired) electrons. The van der Waals surface area contributed by atoms with Crippen LogP contribution in [0.5, 0.6) is 0 Å². The lowest BCUT2D eigenvalue weighted by Gasteiger charge is -2.16. The van der Waals surface area contributed by atoms with Gasteiger partial charge in [0, 0.05) is 13.2 Å². The Labute approximate surface area is 99.7 Å². The molecule has 0 amide bonds. The Bertz CT molecular complexity index is 260. The van der Waals surface area contributed by atoms with Crippen molar-refractivity contribution >= 4 is 9.76 Å². The number of hydrogen-bond donors (Lipinski definition) is 0. The SMILES string of the molecule is CCOC(OCC)[SiH2]OCc1ccccc1. The van der Waals surface area contributed by atoms with E-state index in [2.05, 4.69) is 12.1 Å². The Hall–Kier alpha value is -0.683. The quantitative estimate of drug-likeness (QED) is 0.511. The van der Waals surface area contributed by atoms with Crippen LogP contribution in [-0.2, 0) is 20.5 Å². The highest BCUT2D eigenvalue weighted by atomic mass is 28.2. The molecule has 0 saturated heterocycles. The molecule has 16 heavy (non-hydrogen) atoms. The molecule has 0 fully saturated rings. The Morgan fingerprint density at radius 1 is 1.06 bits per heavy atom.